The van der Waals surface area contributed by atoms with Gasteiger partial charge >= 0.3 is 6.18 Å². The van der Waals surface area contributed by atoms with Gasteiger partial charge in [-0.05, 0) is 48.0 Å². The molecule has 2 N–H and O–H groups in total. The number of carbonyl (C=O) groups excluding carboxylic acids is 2. The van der Waals surface area contributed by atoms with Gasteiger partial charge in [-0.15, -0.1) is 0 Å². The van der Waals surface area contributed by atoms with Gasteiger partial charge < -0.3 is 15.4 Å². The van der Waals surface area contributed by atoms with E-state index in [1.54, 1.807) is 24.3 Å². The predicted octanol–water partition coefficient (Wildman–Crippen LogP) is 4.69. The Kier molecular flexibility index (Phi) is 7.14. The van der Waals surface area contributed by atoms with Crippen molar-refractivity contribution in [2.24, 2.45) is 0 Å². The average Bonchev–Trinajstić information content (AvgIpc) is 2.79. The minimum absolute atomic E-state index is 0.191. The van der Waals surface area contributed by atoms with Crippen molar-refractivity contribution in [3.05, 3.63) is 95.6 Å². The van der Waals surface area contributed by atoms with Crippen LogP contribution in [0.2, 0.25) is 0 Å². The fourth-order valence-electron chi connectivity index (χ4n) is 3.04. The van der Waals surface area contributed by atoms with Gasteiger partial charge in [-0.25, -0.2) is 0 Å². The highest BCUT2D eigenvalue weighted by Gasteiger charge is 2.30. The van der Waals surface area contributed by atoms with E-state index < -0.39 is 29.6 Å². The van der Waals surface area contributed by atoms with E-state index in [9.17, 15) is 22.8 Å². The maximum absolute atomic E-state index is 12.9. The minimum Gasteiger partial charge on any atom is -0.497 e. The Hall–Kier alpha value is -3.81. The molecule has 3 rings (SSSR count). The maximum Gasteiger partial charge on any atom is 0.416 e. The van der Waals surface area contributed by atoms with Gasteiger partial charge in [-0.3, -0.25) is 9.59 Å². The van der Waals surface area contributed by atoms with Crippen LogP contribution in [0.5, 0.6) is 5.75 Å². The first-order valence-electron chi connectivity index (χ1n) is 9.73. The fraction of sp³-hybridized carbons (Fsp3) is 0.167. The molecule has 5 nitrogen and oxygen atoms in total. The second-order valence-corrected chi connectivity index (χ2v) is 7.01. The van der Waals surface area contributed by atoms with Gasteiger partial charge in [0.2, 0.25) is 5.91 Å². The molecular weight excluding hydrogens is 421 g/mol. The molecule has 0 aliphatic carbocycles. The van der Waals surface area contributed by atoms with E-state index in [1.165, 1.54) is 19.2 Å². The standard InChI is InChI=1S/C24H21F3N2O3/c1-32-20-9-5-8-17(15-20)22(30)29-21(14-16-6-3-2-4-7-16)23(31)28-19-12-10-18(11-13-19)24(25,26)27/h2-13,15,21H,14H2,1H3,(H,28,31)(H,29,30). The highest BCUT2D eigenvalue weighted by atomic mass is 19.4. The van der Waals surface area contributed by atoms with Crippen molar-refractivity contribution in [1.82, 2.24) is 5.32 Å². The number of halogens is 3. The predicted molar refractivity (Wildman–Crippen MR) is 114 cm³/mol. The molecule has 0 bridgehead atoms. The van der Waals surface area contributed by atoms with Crippen molar-refractivity contribution in [2.45, 2.75) is 18.6 Å². The van der Waals surface area contributed by atoms with Crippen LogP contribution < -0.4 is 15.4 Å². The number of benzene rings is 3. The van der Waals surface area contributed by atoms with Crippen LogP contribution in [0.25, 0.3) is 0 Å². The van der Waals surface area contributed by atoms with Crippen molar-refractivity contribution >= 4 is 17.5 Å². The van der Waals surface area contributed by atoms with Crippen LogP contribution in [0, 0.1) is 0 Å². The van der Waals surface area contributed by atoms with Gasteiger partial charge in [0.15, 0.2) is 0 Å². The molecule has 1 atom stereocenters. The smallest absolute Gasteiger partial charge is 0.416 e. The lowest BCUT2D eigenvalue weighted by Crippen LogP contribution is -2.45. The van der Waals surface area contributed by atoms with E-state index >= 15 is 0 Å². The van der Waals surface area contributed by atoms with Crippen LogP contribution in [0.4, 0.5) is 18.9 Å². The summed E-state index contributed by atoms with van der Waals surface area (Å²) >= 11 is 0. The zero-order valence-electron chi connectivity index (χ0n) is 17.1. The van der Waals surface area contributed by atoms with E-state index in [0.717, 1.165) is 17.7 Å². The highest BCUT2D eigenvalue weighted by Crippen LogP contribution is 2.29. The Morgan fingerprint density at radius 1 is 0.938 bits per heavy atom. The summed E-state index contributed by atoms with van der Waals surface area (Å²) in [5.74, 6) is -0.538. The summed E-state index contributed by atoms with van der Waals surface area (Å²) in [5, 5.41) is 5.28. The van der Waals surface area contributed by atoms with E-state index in [4.69, 9.17) is 4.74 Å². The molecule has 3 aromatic rings. The molecule has 3 aromatic carbocycles. The third-order valence-corrected chi connectivity index (χ3v) is 4.72. The zero-order valence-corrected chi connectivity index (χ0v) is 17.1. The van der Waals surface area contributed by atoms with Crippen LogP contribution in [0.3, 0.4) is 0 Å². The molecule has 0 aromatic heterocycles. The van der Waals surface area contributed by atoms with Gasteiger partial charge in [-0.2, -0.15) is 13.2 Å². The molecule has 1 unspecified atom stereocenters. The summed E-state index contributed by atoms with van der Waals surface area (Å²) in [6.45, 7) is 0. The van der Waals surface area contributed by atoms with E-state index in [-0.39, 0.29) is 12.1 Å². The summed E-state index contributed by atoms with van der Waals surface area (Å²) < 4.78 is 43.4. The lowest BCUT2D eigenvalue weighted by Gasteiger charge is -2.19. The Bertz CT molecular complexity index is 1070. The normalized spacial score (nSPS) is 12.0. The number of ether oxygens (including phenoxy) is 1. The van der Waals surface area contributed by atoms with Crippen molar-refractivity contribution in [1.29, 1.82) is 0 Å². The summed E-state index contributed by atoms with van der Waals surface area (Å²) in [6, 6.07) is 18.7. The molecule has 0 spiro atoms. The topological polar surface area (TPSA) is 67.4 Å². The van der Waals surface area contributed by atoms with Crippen molar-refractivity contribution in [3.63, 3.8) is 0 Å². The van der Waals surface area contributed by atoms with Gasteiger partial charge in [-0.1, -0.05) is 36.4 Å². The van der Waals surface area contributed by atoms with Crippen LogP contribution in [0.15, 0.2) is 78.9 Å². The maximum atomic E-state index is 12.9. The van der Waals surface area contributed by atoms with Crippen molar-refractivity contribution < 1.29 is 27.5 Å². The number of rotatable bonds is 7. The fourth-order valence-corrected chi connectivity index (χ4v) is 3.04. The van der Waals surface area contributed by atoms with Crippen molar-refractivity contribution in [3.8, 4) is 5.75 Å². The number of anilines is 1. The largest absolute Gasteiger partial charge is 0.497 e. The number of methoxy groups -OCH3 is 1. The molecule has 32 heavy (non-hydrogen) atoms. The summed E-state index contributed by atoms with van der Waals surface area (Å²) in [4.78, 5) is 25.7. The summed E-state index contributed by atoms with van der Waals surface area (Å²) in [5.41, 5.74) is 0.495. The second kappa shape index (κ2) is 10.00. The van der Waals surface area contributed by atoms with Crippen LogP contribution in [-0.2, 0) is 17.4 Å². The lowest BCUT2D eigenvalue weighted by molar-refractivity contribution is -0.137. The number of nitrogens with one attached hydrogen (secondary N) is 2. The lowest BCUT2D eigenvalue weighted by atomic mass is 10.0. The van der Waals surface area contributed by atoms with Gasteiger partial charge in [0.05, 0.1) is 12.7 Å². The Morgan fingerprint density at radius 3 is 2.25 bits per heavy atom. The third-order valence-electron chi connectivity index (χ3n) is 4.72. The average molecular weight is 442 g/mol. The Balaban J connectivity index is 1.78. The number of carbonyl (C=O) groups is 2. The number of alkyl halides is 3. The molecule has 2 amide bonds. The molecule has 0 radical (unpaired) electrons. The van der Waals surface area contributed by atoms with Gasteiger partial charge in [0.1, 0.15) is 11.8 Å². The Morgan fingerprint density at radius 2 is 1.62 bits per heavy atom. The highest BCUT2D eigenvalue weighted by molar-refractivity contribution is 6.01. The molecule has 166 valence electrons. The Labute approximate surface area is 183 Å². The molecule has 0 aliphatic rings. The van der Waals surface area contributed by atoms with Crippen molar-refractivity contribution in [2.75, 3.05) is 12.4 Å². The first-order chi connectivity index (χ1) is 15.3. The van der Waals surface area contributed by atoms with E-state index in [2.05, 4.69) is 10.6 Å². The molecule has 0 heterocycles. The van der Waals surface area contributed by atoms with Crippen LogP contribution >= 0.6 is 0 Å². The minimum atomic E-state index is -4.47. The molecule has 0 saturated carbocycles. The quantitative estimate of drug-likeness (QED) is 0.558. The molecule has 8 heteroatoms. The summed E-state index contributed by atoms with van der Waals surface area (Å²) in [7, 11) is 1.48. The van der Waals surface area contributed by atoms with E-state index in [1.807, 2.05) is 30.3 Å². The number of hydrogen-bond donors (Lipinski definition) is 2. The first-order valence-corrected chi connectivity index (χ1v) is 9.73. The third kappa shape index (κ3) is 6.10. The van der Waals surface area contributed by atoms with Crippen LogP contribution in [0.1, 0.15) is 21.5 Å². The molecular formula is C24H21F3N2O3. The molecule has 0 saturated heterocycles. The number of amides is 2. The van der Waals surface area contributed by atoms with Gasteiger partial charge in [0.25, 0.3) is 5.91 Å². The zero-order chi connectivity index (χ0) is 23.1. The number of hydrogen-bond acceptors (Lipinski definition) is 3. The monoisotopic (exact) mass is 442 g/mol. The molecule has 0 fully saturated rings. The SMILES string of the molecule is COc1cccc(C(=O)NC(Cc2ccccc2)C(=O)Nc2ccc(C(F)(F)F)cc2)c1. The summed E-state index contributed by atoms with van der Waals surface area (Å²) in [6.07, 6.45) is -4.27. The molecule has 0 aliphatic heterocycles. The first kappa shape index (κ1) is 22.9. The van der Waals surface area contributed by atoms with Crippen LogP contribution in [-0.4, -0.2) is 25.0 Å². The second-order valence-electron chi connectivity index (χ2n) is 7.01. The van der Waals surface area contributed by atoms with E-state index in [0.29, 0.717) is 11.3 Å². The van der Waals surface area contributed by atoms with Gasteiger partial charge in [0, 0.05) is 17.7 Å².